The second-order valence-corrected chi connectivity index (χ2v) is 10.3. The zero-order chi connectivity index (χ0) is 22.2. The smallest absolute Gasteiger partial charge is 0.264 e. The van der Waals surface area contributed by atoms with E-state index in [9.17, 15) is 17.6 Å². The van der Waals surface area contributed by atoms with Crippen molar-refractivity contribution in [2.75, 3.05) is 11.3 Å². The summed E-state index contributed by atoms with van der Waals surface area (Å²) >= 11 is 13.4. The van der Waals surface area contributed by atoms with Crippen LogP contribution in [0.25, 0.3) is 10.9 Å². The Labute approximate surface area is 192 Å². The number of benzene rings is 2. The van der Waals surface area contributed by atoms with Gasteiger partial charge in [-0.1, -0.05) is 23.2 Å². The Morgan fingerprint density at radius 2 is 1.97 bits per heavy atom. The summed E-state index contributed by atoms with van der Waals surface area (Å²) in [6, 6.07) is 6.91. The van der Waals surface area contributed by atoms with Gasteiger partial charge in [-0.25, -0.2) is 12.8 Å². The Morgan fingerprint density at radius 3 is 2.68 bits per heavy atom. The molecule has 3 aromatic rings. The van der Waals surface area contributed by atoms with Crippen LogP contribution in [0, 0.1) is 5.82 Å². The van der Waals surface area contributed by atoms with E-state index in [1.807, 2.05) is 0 Å². The number of fused-ring (bicyclic) bond motifs is 1. The van der Waals surface area contributed by atoms with E-state index in [0.29, 0.717) is 45.2 Å². The number of amides is 1. The second-order valence-electron chi connectivity index (χ2n) is 6.94. The topological polar surface area (TPSA) is 103 Å². The van der Waals surface area contributed by atoms with E-state index in [2.05, 4.69) is 19.7 Å². The predicted octanol–water partition coefficient (Wildman–Crippen LogP) is 4.29. The van der Waals surface area contributed by atoms with Crippen molar-refractivity contribution in [2.45, 2.75) is 28.7 Å². The van der Waals surface area contributed by atoms with E-state index in [-0.39, 0.29) is 17.6 Å². The number of rotatable bonds is 6. The van der Waals surface area contributed by atoms with Gasteiger partial charge in [0, 0.05) is 35.5 Å². The van der Waals surface area contributed by atoms with Crippen LogP contribution in [-0.2, 0) is 14.8 Å². The Balaban J connectivity index is 1.51. The monoisotopic (exact) mass is 502 g/mol. The molecular weight excluding hydrogens is 486 g/mol. The number of carbonyl (C=O) groups is 1. The number of carbonyl (C=O) groups excluding carboxylic acids is 1. The van der Waals surface area contributed by atoms with Gasteiger partial charge in [-0.3, -0.25) is 14.2 Å². The lowest BCUT2D eigenvalue weighted by Gasteiger charge is -2.22. The number of aromatic amines is 1. The molecule has 4 rings (SSSR count). The molecule has 7 nitrogen and oxygen atoms in total. The summed E-state index contributed by atoms with van der Waals surface area (Å²) in [5.41, 5.74) is 0.600. The largest absolute Gasteiger partial charge is 0.358 e. The quantitative estimate of drug-likeness (QED) is 0.376. The lowest BCUT2D eigenvalue weighted by Crippen LogP contribution is -2.43. The highest BCUT2D eigenvalue weighted by Crippen LogP contribution is 2.35. The highest BCUT2D eigenvalue weighted by Gasteiger charge is 2.23. The fourth-order valence-corrected chi connectivity index (χ4v) is 5.69. The zero-order valence-electron chi connectivity index (χ0n) is 15.8. The molecule has 12 heteroatoms. The molecule has 0 saturated carbocycles. The molecule has 2 heterocycles. The normalized spacial score (nSPS) is 17.0. The molecular formula is C19H17Cl2FN4O3S2. The average molecular weight is 503 g/mol. The summed E-state index contributed by atoms with van der Waals surface area (Å²) in [4.78, 5) is 14.1. The fraction of sp³-hybridized carbons (Fsp3) is 0.211. The third-order valence-corrected chi connectivity index (χ3v) is 7.74. The highest BCUT2D eigenvalue weighted by molar-refractivity contribution is 7.97. The molecule has 31 heavy (non-hydrogen) atoms. The first-order valence-corrected chi connectivity index (χ1v) is 12.3. The summed E-state index contributed by atoms with van der Waals surface area (Å²) in [5, 5.41) is 3.94. The third-order valence-electron chi connectivity index (χ3n) is 4.78. The van der Waals surface area contributed by atoms with Crippen molar-refractivity contribution in [3.8, 4) is 0 Å². The van der Waals surface area contributed by atoms with E-state index >= 15 is 0 Å². The maximum atomic E-state index is 14.7. The van der Waals surface area contributed by atoms with Crippen molar-refractivity contribution < 1.29 is 17.6 Å². The molecule has 1 atom stereocenters. The van der Waals surface area contributed by atoms with Gasteiger partial charge in [0.1, 0.15) is 10.7 Å². The second kappa shape index (κ2) is 8.87. The van der Waals surface area contributed by atoms with Crippen LogP contribution in [0.15, 0.2) is 46.3 Å². The first-order valence-electron chi connectivity index (χ1n) is 9.21. The van der Waals surface area contributed by atoms with Crippen molar-refractivity contribution in [1.29, 1.82) is 0 Å². The molecule has 2 aromatic carbocycles. The van der Waals surface area contributed by atoms with Crippen LogP contribution < -0.4 is 14.8 Å². The summed E-state index contributed by atoms with van der Waals surface area (Å²) in [5.74, 6) is -0.873. The van der Waals surface area contributed by atoms with Crippen LogP contribution >= 0.6 is 35.1 Å². The Bertz CT molecular complexity index is 1260. The van der Waals surface area contributed by atoms with E-state index in [4.69, 9.17) is 23.2 Å². The number of halogens is 3. The number of hydrogen-bond acceptors (Lipinski definition) is 5. The standard InChI is InChI=1S/C19H17Cl2FN4O3S2/c20-12-3-4-15(19-18(12)13(21)9-24-19)26-31(28,29)16-5-2-11(7-14(16)22)30-25-10-1-6-17(27)23-8-10/h2-5,7,9-10,24-26H,1,6,8H2,(H,23,27). The Hall–Kier alpha value is -1.98. The van der Waals surface area contributed by atoms with Crippen molar-refractivity contribution in [3.05, 3.63) is 52.4 Å². The molecule has 1 aliphatic rings. The molecule has 1 unspecified atom stereocenters. The molecule has 0 radical (unpaired) electrons. The number of piperidine rings is 1. The first kappa shape index (κ1) is 22.2. The highest BCUT2D eigenvalue weighted by atomic mass is 35.5. The minimum atomic E-state index is -4.21. The number of aromatic nitrogens is 1. The molecule has 164 valence electrons. The number of anilines is 1. The predicted molar refractivity (Wildman–Crippen MR) is 121 cm³/mol. The zero-order valence-corrected chi connectivity index (χ0v) is 19.0. The van der Waals surface area contributed by atoms with Crippen LogP contribution in [0.4, 0.5) is 10.1 Å². The molecule has 1 aliphatic heterocycles. The van der Waals surface area contributed by atoms with Gasteiger partial charge in [0.25, 0.3) is 10.0 Å². The van der Waals surface area contributed by atoms with E-state index < -0.39 is 20.7 Å². The third kappa shape index (κ3) is 4.78. The van der Waals surface area contributed by atoms with Gasteiger partial charge in [0.2, 0.25) is 5.91 Å². The maximum Gasteiger partial charge on any atom is 0.264 e. The fourth-order valence-electron chi connectivity index (χ4n) is 3.20. The van der Waals surface area contributed by atoms with Crippen molar-refractivity contribution in [3.63, 3.8) is 0 Å². The molecule has 1 aromatic heterocycles. The van der Waals surface area contributed by atoms with Crippen LogP contribution in [0.1, 0.15) is 12.8 Å². The van der Waals surface area contributed by atoms with Crippen LogP contribution in [0.2, 0.25) is 10.0 Å². The van der Waals surface area contributed by atoms with Crippen LogP contribution in [0.3, 0.4) is 0 Å². The minimum absolute atomic E-state index is 0.00994. The first-order chi connectivity index (χ1) is 14.7. The average Bonchev–Trinajstić information content (AvgIpc) is 3.12. The number of sulfonamides is 1. The SMILES string of the molecule is O=C1CCC(NSc2ccc(S(=O)(=O)Nc3ccc(Cl)c4c(Cl)c[nH]c34)c(F)c2)CN1. The summed E-state index contributed by atoms with van der Waals surface area (Å²) < 4.78 is 45.8. The number of hydrogen-bond donors (Lipinski definition) is 4. The van der Waals surface area contributed by atoms with Crippen molar-refractivity contribution in [2.24, 2.45) is 0 Å². The van der Waals surface area contributed by atoms with Gasteiger partial charge in [-0.05, 0) is 48.7 Å². The lowest BCUT2D eigenvalue weighted by atomic mass is 10.1. The molecule has 1 fully saturated rings. The lowest BCUT2D eigenvalue weighted by molar-refractivity contribution is -0.122. The van der Waals surface area contributed by atoms with Gasteiger partial charge in [-0.15, -0.1) is 0 Å². The van der Waals surface area contributed by atoms with Crippen LogP contribution in [-0.4, -0.2) is 31.9 Å². The molecule has 0 spiro atoms. The van der Waals surface area contributed by atoms with Gasteiger partial charge < -0.3 is 10.3 Å². The van der Waals surface area contributed by atoms with Gasteiger partial charge in [0.15, 0.2) is 0 Å². The van der Waals surface area contributed by atoms with E-state index in [1.165, 1.54) is 42.4 Å². The summed E-state index contributed by atoms with van der Waals surface area (Å²) in [7, 11) is -4.21. The number of nitrogens with one attached hydrogen (secondary N) is 4. The van der Waals surface area contributed by atoms with Crippen LogP contribution in [0.5, 0.6) is 0 Å². The molecule has 1 saturated heterocycles. The Morgan fingerprint density at radius 1 is 1.16 bits per heavy atom. The summed E-state index contributed by atoms with van der Waals surface area (Å²) in [6.45, 7) is 0.489. The minimum Gasteiger partial charge on any atom is -0.358 e. The van der Waals surface area contributed by atoms with Gasteiger partial charge >= 0.3 is 0 Å². The van der Waals surface area contributed by atoms with E-state index in [1.54, 1.807) is 0 Å². The number of H-pyrrole nitrogens is 1. The maximum absolute atomic E-state index is 14.7. The van der Waals surface area contributed by atoms with Gasteiger partial charge in [-0.2, -0.15) is 0 Å². The molecule has 1 amide bonds. The molecule has 4 N–H and O–H groups in total. The molecule has 0 bridgehead atoms. The Kier molecular flexibility index (Phi) is 6.36. The van der Waals surface area contributed by atoms with Crippen molar-refractivity contribution in [1.82, 2.24) is 15.0 Å². The van der Waals surface area contributed by atoms with Crippen molar-refractivity contribution >= 4 is 67.7 Å². The van der Waals surface area contributed by atoms with Gasteiger partial charge in [0.05, 0.1) is 21.2 Å². The summed E-state index contributed by atoms with van der Waals surface area (Å²) in [6.07, 6.45) is 2.60. The van der Waals surface area contributed by atoms with E-state index in [0.717, 1.165) is 6.07 Å². The molecule has 0 aliphatic carbocycles.